The molecule has 4 atom stereocenters. The number of phenolic OH excluding ortho intramolecular Hbond substituents is 1. The predicted molar refractivity (Wildman–Crippen MR) is 197 cm³/mol. The Morgan fingerprint density at radius 3 is 1.96 bits per heavy atom. The number of hydrogen-bond donors (Lipinski definition) is 5. The second kappa shape index (κ2) is 20.6. The number of unbranched alkanes of at least 4 members (excludes halogenated alkanes) is 2. The Kier molecular flexibility index (Phi) is 17.4. The molecule has 0 radical (unpaired) electrons. The number of methoxy groups -OCH3 is 1. The second-order valence-electron chi connectivity index (χ2n) is 13.2. The van der Waals surface area contributed by atoms with E-state index < -0.39 is 59.1 Å². The fourth-order valence-corrected chi connectivity index (χ4v) is 6.66. The van der Waals surface area contributed by atoms with Gasteiger partial charge in [0, 0.05) is 42.2 Å². The first-order valence-electron chi connectivity index (χ1n) is 17.1. The Hall–Kier alpha value is -4.14. The number of esters is 1. The summed E-state index contributed by atoms with van der Waals surface area (Å²) in [5.41, 5.74) is 18.3. The molecule has 2 aromatic carbocycles. The minimum atomic E-state index is -1.19. The van der Waals surface area contributed by atoms with Crippen LogP contribution in [0.5, 0.6) is 5.75 Å². The summed E-state index contributed by atoms with van der Waals surface area (Å²) in [6.07, 6.45) is 3.49. The molecule has 0 saturated heterocycles. The third-order valence-electron chi connectivity index (χ3n) is 8.90. The molecule has 14 heteroatoms. The number of phenols is 1. The van der Waals surface area contributed by atoms with E-state index in [0.29, 0.717) is 19.3 Å². The zero-order chi connectivity index (χ0) is 38.4. The van der Waals surface area contributed by atoms with Gasteiger partial charge in [-0.05, 0) is 106 Å². The molecule has 7 N–H and O–H groups in total. The number of nitrogens with two attached hydrogens (primary N) is 2. The van der Waals surface area contributed by atoms with E-state index in [-0.39, 0.29) is 49.7 Å². The predicted octanol–water partition coefficient (Wildman–Crippen LogP) is 1.83. The van der Waals surface area contributed by atoms with Crippen molar-refractivity contribution in [3.63, 3.8) is 0 Å². The van der Waals surface area contributed by atoms with E-state index in [1.807, 2.05) is 46.8 Å². The average molecular weight is 730 g/mol. The average Bonchev–Trinajstić information content (AvgIpc) is 3.05. The van der Waals surface area contributed by atoms with Crippen LogP contribution in [0.3, 0.4) is 0 Å². The van der Waals surface area contributed by atoms with Crippen molar-refractivity contribution >= 4 is 40.4 Å². The summed E-state index contributed by atoms with van der Waals surface area (Å²) < 4.78 is 16.3. The molecule has 0 fully saturated rings. The Morgan fingerprint density at radius 2 is 1.39 bits per heavy atom. The van der Waals surface area contributed by atoms with Crippen molar-refractivity contribution in [3.05, 3.63) is 63.2 Å². The van der Waals surface area contributed by atoms with Crippen molar-refractivity contribution < 1.29 is 38.0 Å². The highest BCUT2D eigenvalue weighted by molar-refractivity contribution is 7.84. The van der Waals surface area contributed by atoms with E-state index in [1.54, 1.807) is 12.1 Å². The van der Waals surface area contributed by atoms with E-state index in [1.165, 1.54) is 18.3 Å². The zero-order valence-electron chi connectivity index (χ0n) is 30.9. The number of carbonyl (C=O) groups is 5. The molecule has 0 aliphatic rings. The standard InChI is InChI=1S/C37H55N5O8S/c1-22-15-23(2)29(24(3)16-22)20-32(37(48)41-36(47)30(38)12-14-51(7)49)42(13-10-8-9-11-34(45)50-6)33(44)21-40-35(46)31(39)19-28-25(4)17-27(43)18-26(28)5/h15-18,30-32,43H,8-14,19-21,38-39H2,1-7H3,(H,40,46)(H,41,47,48)/t30?,31-,32-,51?/m0/s1. The lowest BCUT2D eigenvalue weighted by atomic mass is 9.93. The summed E-state index contributed by atoms with van der Waals surface area (Å²) in [5, 5.41) is 14.9. The van der Waals surface area contributed by atoms with Crippen LogP contribution >= 0.6 is 0 Å². The van der Waals surface area contributed by atoms with Crippen LogP contribution in [0.1, 0.15) is 71.0 Å². The van der Waals surface area contributed by atoms with Crippen LogP contribution in [0.2, 0.25) is 0 Å². The number of rotatable bonds is 19. The summed E-state index contributed by atoms with van der Waals surface area (Å²) >= 11 is 0. The molecular formula is C37H55N5O8S. The number of carbonyl (C=O) groups excluding carboxylic acids is 5. The van der Waals surface area contributed by atoms with Gasteiger partial charge in [-0.2, -0.15) is 0 Å². The monoisotopic (exact) mass is 729 g/mol. The van der Waals surface area contributed by atoms with Crippen LogP contribution < -0.4 is 22.1 Å². The van der Waals surface area contributed by atoms with Gasteiger partial charge in [0.15, 0.2) is 0 Å². The van der Waals surface area contributed by atoms with Gasteiger partial charge in [0.25, 0.3) is 0 Å². The van der Waals surface area contributed by atoms with Crippen molar-refractivity contribution in [1.82, 2.24) is 15.5 Å². The molecule has 0 saturated carbocycles. The first-order chi connectivity index (χ1) is 23.9. The maximum Gasteiger partial charge on any atom is 0.305 e. The SMILES string of the molecule is COC(=O)CCCCCN(C(=O)CNC(=O)[C@@H](N)Cc1c(C)cc(O)cc1C)[C@@H](Cc1c(C)cc(C)cc1C)C(=O)NC(=O)C(N)CCS(C)=O. The van der Waals surface area contributed by atoms with Crippen molar-refractivity contribution in [2.45, 2.75) is 97.7 Å². The number of hydrogen-bond acceptors (Lipinski definition) is 10. The normalized spacial score (nSPS) is 13.4. The van der Waals surface area contributed by atoms with E-state index in [2.05, 4.69) is 10.6 Å². The van der Waals surface area contributed by atoms with Crippen molar-refractivity contribution in [1.29, 1.82) is 0 Å². The number of nitrogens with zero attached hydrogens (tertiary/aromatic N) is 1. The van der Waals surface area contributed by atoms with Crippen LogP contribution in [0.25, 0.3) is 0 Å². The summed E-state index contributed by atoms with van der Waals surface area (Å²) in [5.74, 6) is -2.70. The minimum Gasteiger partial charge on any atom is -0.508 e. The molecule has 2 rings (SSSR count). The molecule has 0 spiro atoms. The van der Waals surface area contributed by atoms with Crippen molar-refractivity contribution in [2.24, 2.45) is 11.5 Å². The van der Waals surface area contributed by atoms with E-state index in [9.17, 15) is 33.3 Å². The van der Waals surface area contributed by atoms with Crippen LogP contribution in [-0.4, -0.2) is 94.1 Å². The van der Waals surface area contributed by atoms with Gasteiger partial charge in [-0.3, -0.25) is 33.5 Å². The van der Waals surface area contributed by atoms with Crippen LogP contribution in [-0.2, 0) is 52.4 Å². The highest BCUT2D eigenvalue weighted by Gasteiger charge is 2.33. The van der Waals surface area contributed by atoms with Gasteiger partial charge in [-0.25, -0.2) is 0 Å². The number of aromatic hydroxyl groups is 1. The lowest BCUT2D eigenvalue weighted by molar-refractivity contribution is -0.143. The number of benzene rings is 2. The summed E-state index contributed by atoms with van der Waals surface area (Å²) in [7, 11) is 0.122. The van der Waals surface area contributed by atoms with E-state index in [0.717, 1.165) is 38.9 Å². The summed E-state index contributed by atoms with van der Waals surface area (Å²) in [4.78, 5) is 67.1. The zero-order valence-corrected chi connectivity index (χ0v) is 31.7. The van der Waals surface area contributed by atoms with Crippen molar-refractivity contribution in [2.75, 3.05) is 32.2 Å². The van der Waals surface area contributed by atoms with Crippen molar-refractivity contribution in [3.8, 4) is 5.75 Å². The molecule has 0 aromatic heterocycles. The topological polar surface area (TPSA) is 211 Å². The Labute approximate surface area is 303 Å². The maximum absolute atomic E-state index is 14.0. The molecule has 0 bridgehead atoms. The fraction of sp³-hybridized carbons (Fsp3) is 0.541. The number of imide groups is 1. The molecule has 0 aliphatic heterocycles. The molecule has 0 heterocycles. The maximum atomic E-state index is 14.0. The highest BCUT2D eigenvalue weighted by Crippen LogP contribution is 2.23. The third-order valence-corrected chi connectivity index (χ3v) is 9.71. The number of amides is 4. The quantitative estimate of drug-likeness (QED) is 0.105. The molecule has 0 aliphatic carbocycles. The summed E-state index contributed by atoms with van der Waals surface area (Å²) in [6.45, 7) is 9.02. The summed E-state index contributed by atoms with van der Waals surface area (Å²) in [6, 6.07) is 3.87. The Bertz CT molecular complexity index is 1550. The van der Waals surface area contributed by atoms with E-state index in [4.69, 9.17) is 16.2 Å². The largest absolute Gasteiger partial charge is 0.508 e. The van der Waals surface area contributed by atoms with Gasteiger partial charge in [0.05, 0.1) is 25.7 Å². The van der Waals surface area contributed by atoms with Crippen LogP contribution in [0.15, 0.2) is 24.3 Å². The fourth-order valence-electron chi connectivity index (χ4n) is 6.08. The molecule has 13 nitrogen and oxygen atoms in total. The number of aryl methyl sites for hydroxylation is 5. The van der Waals surface area contributed by atoms with Gasteiger partial charge < -0.3 is 31.5 Å². The van der Waals surface area contributed by atoms with Gasteiger partial charge in [0.2, 0.25) is 23.6 Å². The number of ether oxygens (including phenoxy) is 1. The Balaban J connectivity index is 2.39. The third kappa shape index (κ3) is 13.8. The molecule has 51 heavy (non-hydrogen) atoms. The van der Waals surface area contributed by atoms with E-state index >= 15 is 0 Å². The van der Waals surface area contributed by atoms with Gasteiger partial charge in [-0.15, -0.1) is 0 Å². The first-order valence-corrected chi connectivity index (χ1v) is 18.8. The Morgan fingerprint density at radius 1 is 0.824 bits per heavy atom. The van der Waals surface area contributed by atoms with Crippen LogP contribution in [0.4, 0.5) is 0 Å². The molecule has 4 amide bonds. The number of nitrogens with one attached hydrogen (secondary N) is 2. The van der Waals surface area contributed by atoms with Crippen LogP contribution in [0, 0.1) is 34.6 Å². The van der Waals surface area contributed by atoms with Gasteiger partial charge in [-0.1, -0.05) is 24.1 Å². The highest BCUT2D eigenvalue weighted by atomic mass is 32.2. The molecule has 282 valence electrons. The lowest BCUT2D eigenvalue weighted by Gasteiger charge is -2.32. The lowest BCUT2D eigenvalue weighted by Crippen LogP contribution is -2.56. The smallest absolute Gasteiger partial charge is 0.305 e. The molecular weight excluding hydrogens is 675 g/mol. The van der Waals surface area contributed by atoms with Gasteiger partial charge in [0.1, 0.15) is 11.8 Å². The first kappa shape index (κ1) is 43.0. The molecule has 2 unspecified atom stereocenters. The molecule has 2 aromatic rings. The second-order valence-corrected chi connectivity index (χ2v) is 14.7. The minimum absolute atomic E-state index is 0.0754. The van der Waals surface area contributed by atoms with Gasteiger partial charge >= 0.3 is 5.97 Å².